The predicted molar refractivity (Wildman–Crippen MR) is 90.4 cm³/mol. The number of rotatable bonds is 6. The van der Waals surface area contributed by atoms with E-state index in [1.54, 1.807) is 7.05 Å². The Bertz CT molecular complexity index is 699. The minimum atomic E-state index is -0.956. The molecule has 0 unspecified atom stereocenters. The van der Waals surface area contributed by atoms with Crippen molar-refractivity contribution >= 4 is 17.6 Å². The van der Waals surface area contributed by atoms with E-state index < -0.39 is 5.97 Å². The number of aryl methyl sites for hydroxylation is 1. The molecular formula is C18H20N2O3. The highest BCUT2D eigenvalue weighted by Crippen LogP contribution is 2.26. The monoisotopic (exact) mass is 312 g/mol. The number of amides is 1. The Labute approximate surface area is 135 Å². The lowest BCUT2D eigenvalue weighted by atomic mass is 10.00. The van der Waals surface area contributed by atoms with Crippen LogP contribution in [0.2, 0.25) is 0 Å². The summed E-state index contributed by atoms with van der Waals surface area (Å²) in [6.45, 7) is 1.88. The molecule has 0 bridgehead atoms. The largest absolute Gasteiger partial charge is 0.480 e. The minimum absolute atomic E-state index is 0.0286. The molecule has 5 heteroatoms. The molecule has 0 fully saturated rings. The van der Waals surface area contributed by atoms with Crippen LogP contribution in [0.3, 0.4) is 0 Å². The van der Waals surface area contributed by atoms with E-state index in [1.807, 2.05) is 55.5 Å². The minimum Gasteiger partial charge on any atom is -0.480 e. The highest BCUT2D eigenvalue weighted by molar-refractivity contribution is 5.93. The molecule has 0 aliphatic rings. The Balaban J connectivity index is 2.09. The van der Waals surface area contributed by atoms with Gasteiger partial charge < -0.3 is 10.4 Å². The maximum atomic E-state index is 12.0. The second kappa shape index (κ2) is 7.56. The topological polar surface area (TPSA) is 69.6 Å². The molecule has 0 spiro atoms. The molecule has 0 radical (unpaired) electrons. The van der Waals surface area contributed by atoms with Crippen LogP contribution in [0.15, 0.2) is 48.5 Å². The standard InChI is InChI=1S/C18H20N2O3/c1-13-8-9-15(10-16(13)14-6-4-3-5-7-14)19-17(21)11-20(2)12-18(22)23/h3-10H,11-12H2,1-2H3,(H,19,21)(H,22,23). The molecule has 0 aliphatic carbocycles. The van der Waals surface area contributed by atoms with Gasteiger partial charge in [-0.1, -0.05) is 36.4 Å². The van der Waals surface area contributed by atoms with E-state index in [0.717, 1.165) is 16.7 Å². The van der Waals surface area contributed by atoms with E-state index in [4.69, 9.17) is 5.11 Å². The summed E-state index contributed by atoms with van der Waals surface area (Å²) >= 11 is 0. The van der Waals surface area contributed by atoms with Gasteiger partial charge in [0.25, 0.3) is 0 Å². The van der Waals surface area contributed by atoms with Crippen molar-refractivity contribution in [1.82, 2.24) is 4.90 Å². The smallest absolute Gasteiger partial charge is 0.317 e. The van der Waals surface area contributed by atoms with Gasteiger partial charge in [0, 0.05) is 5.69 Å². The zero-order chi connectivity index (χ0) is 16.8. The van der Waals surface area contributed by atoms with Crippen molar-refractivity contribution in [2.24, 2.45) is 0 Å². The molecule has 5 nitrogen and oxygen atoms in total. The first-order valence-electron chi connectivity index (χ1n) is 7.32. The van der Waals surface area contributed by atoms with Gasteiger partial charge in [-0.25, -0.2) is 0 Å². The second-order valence-electron chi connectivity index (χ2n) is 5.51. The second-order valence-corrected chi connectivity index (χ2v) is 5.51. The van der Waals surface area contributed by atoms with Gasteiger partial charge in [-0.15, -0.1) is 0 Å². The molecule has 0 atom stereocenters. The van der Waals surface area contributed by atoms with E-state index in [2.05, 4.69) is 5.32 Å². The number of hydrogen-bond acceptors (Lipinski definition) is 3. The number of carbonyl (C=O) groups is 2. The van der Waals surface area contributed by atoms with E-state index in [-0.39, 0.29) is 19.0 Å². The number of nitrogens with one attached hydrogen (secondary N) is 1. The lowest BCUT2D eigenvalue weighted by Crippen LogP contribution is -2.33. The number of hydrogen-bond donors (Lipinski definition) is 2. The van der Waals surface area contributed by atoms with Crippen LogP contribution >= 0.6 is 0 Å². The SMILES string of the molecule is Cc1ccc(NC(=O)CN(C)CC(=O)O)cc1-c1ccccc1. The molecule has 1 amide bonds. The number of carbonyl (C=O) groups excluding carboxylic acids is 1. The molecule has 0 aliphatic heterocycles. The summed E-state index contributed by atoms with van der Waals surface area (Å²) in [5, 5.41) is 11.5. The lowest BCUT2D eigenvalue weighted by molar-refractivity contribution is -0.138. The normalized spacial score (nSPS) is 10.6. The van der Waals surface area contributed by atoms with Crippen molar-refractivity contribution in [2.45, 2.75) is 6.92 Å². The Hall–Kier alpha value is -2.66. The molecule has 2 aromatic carbocycles. The van der Waals surface area contributed by atoms with Gasteiger partial charge >= 0.3 is 5.97 Å². The first-order chi connectivity index (χ1) is 11.0. The summed E-state index contributed by atoms with van der Waals surface area (Å²) in [6, 6.07) is 15.7. The molecule has 0 heterocycles. The molecule has 120 valence electrons. The molecule has 23 heavy (non-hydrogen) atoms. The highest BCUT2D eigenvalue weighted by atomic mass is 16.4. The molecule has 0 aromatic heterocycles. The summed E-state index contributed by atoms with van der Waals surface area (Å²) in [5.74, 6) is -1.20. The van der Waals surface area contributed by atoms with Crippen LogP contribution in [0, 0.1) is 6.92 Å². The first kappa shape index (κ1) is 16.7. The Kier molecular flexibility index (Phi) is 5.49. The number of anilines is 1. The number of nitrogens with zero attached hydrogens (tertiary/aromatic N) is 1. The van der Waals surface area contributed by atoms with Crippen LogP contribution < -0.4 is 5.32 Å². The molecule has 0 saturated carbocycles. The van der Waals surface area contributed by atoms with Crippen LogP contribution in [0.4, 0.5) is 5.69 Å². The predicted octanol–water partition coefficient (Wildman–Crippen LogP) is 2.62. The summed E-state index contributed by atoms with van der Waals surface area (Å²) in [4.78, 5) is 24.1. The Morgan fingerprint density at radius 2 is 1.78 bits per heavy atom. The molecule has 0 saturated heterocycles. The number of benzene rings is 2. The Morgan fingerprint density at radius 3 is 2.43 bits per heavy atom. The summed E-state index contributed by atoms with van der Waals surface area (Å²) in [7, 11) is 1.60. The first-order valence-corrected chi connectivity index (χ1v) is 7.32. The number of aliphatic carboxylic acids is 1. The van der Waals surface area contributed by atoms with Crippen molar-refractivity contribution in [3.8, 4) is 11.1 Å². The van der Waals surface area contributed by atoms with Crippen LogP contribution in [-0.2, 0) is 9.59 Å². The van der Waals surface area contributed by atoms with Gasteiger partial charge in [0.15, 0.2) is 0 Å². The average Bonchev–Trinajstić information content (AvgIpc) is 2.49. The van der Waals surface area contributed by atoms with Crippen molar-refractivity contribution in [3.05, 3.63) is 54.1 Å². The zero-order valence-corrected chi connectivity index (χ0v) is 13.2. The summed E-state index contributed by atoms with van der Waals surface area (Å²) < 4.78 is 0. The fourth-order valence-electron chi connectivity index (χ4n) is 2.36. The number of carboxylic acids is 1. The Morgan fingerprint density at radius 1 is 1.09 bits per heavy atom. The van der Waals surface area contributed by atoms with Crippen LogP contribution in [0.25, 0.3) is 11.1 Å². The third kappa shape index (κ3) is 4.93. The van der Waals surface area contributed by atoms with Crippen LogP contribution in [0.5, 0.6) is 0 Å². The van der Waals surface area contributed by atoms with Gasteiger partial charge in [0.2, 0.25) is 5.91 Å². The quantitative estimate of drug-likeness (QED) is 0.860. The third-order valence-electron chi connectivity index (χ3n) is 3.42. The highest BCUT2D eigenvalue weighted by Gasteiger charge is 2.11. The zero-order valence-electron chi connectivity index (χ0n) is 13.2. The third-order valence-corrected chi connectivity index (χ3v) is 3.42. The fraction of sp³-hybridized carbons (Fsp3) is 0.222. The van der Waals surface area contributed by atoms with Gasteiger partial charge in [-0.05, 0) is 42.8 Å². The molecule has 2 N–H and O–H groups in total. The van der Waals surface area contributed by atoms with E-state index in [9.17, 15) is 9.59 Å². The van der Waals surface area contributed by atoms with Gasteiger partial charge in [-0.3, -0.25) is 14.5 Å². The molecular weight excluding hydrogens is 292 g/mol. The van der Waals surface area contributed by atoms with Crippen molar-refractivity contribution in [1.29, 1.82) is 0 Å². The van der Waals surface area contributed by atoms with E-state index in [1.165, 1.54) is 4.90 Å². The maximum absolute atomic E-state index is 12.0. The van der Waals surface area contributed by atoms with Crippen molar-refractivity contribution in [3.63, 3.8) is 0 Å². The summed E-state index contributed by atoms with van der Waals surface area (Å²) in [5.41, 5.74) is 3.96. The van der Waals surface area contributed by atoms with Gasteiger partial charge in [-0.2, -0.15) is 0 Å². The average molecular weight is 312 g/mol. The number of carboxylic acid groups (broad SMARTS) is 1. The number of likely N-dealkylation sites (N-methyl/N-ethyl adjacent to an activating group) is 1. The van der Waals surface area contributed by atoms with Crippen molar-refractivity contribution < 1.29 is 14.7 Å². The maximum Gasteiger partial charge on any atom is 0.317 e. The molecule has 2 aromatic rings. The molecule has 2 rings (SSSR count). The van der Waals surface area contributed by atoms with Gasteiger partial charge in [0.05, 0.1) is 13.1 Å². The van der Waals surface area contributed by atoms with Gasteiger partial charge in [0.1, 0.15) is 0 Å². The fourth-order valence-corrected chi connectivity index (χ4v) is 2.36. The van der Waals surface area contributed by atoms with Crippen LogP contribution in [-0.4, -0.2) is 42.0 Å². The van der Waals surface area contributed by atoms with Crippen LogP contribution in [0.1, 0.15) is 5.56 Å². The van der Waals surface area contributed by atoms with E-state index >= 15 is 0 Å². The summed E-state index contributed by atoms with van der Waals surface area (Å²) in [6.07, 6.45) is 0. The lowest BCUT2D eigenvalue weighted by Gasteiger charge is -2.14. The van der Waals surface area contributed by atoms with Crippen molar-refractivity contribution in [2.75, 3.05) is 25.5 Å². The van der Waals surface area contributed by atoms with E-state index in [0.29, 0.717) is 5.69 Å².